The van der Waals surface area contributed by atoms with Crippen molar-refractivity contribution < 1.29 is 4.39 Å². The van der Waals surface area contributed by atoms with Gasteiger partial charge in [0.2, 0.25) is 0 Å². The van der Waals surface area contributed by atoms with Crippen molar-refractivity contribution in [2.24, 2.45) is 5.73 Å². The largest absolute Gasteiger partial charge is 0.324 e. The molecule has 0 spiro atoms. The van der Waals surface area contributed by atoms with Crippen LogP contribution in [0, 0.1) is 5.82 Å². The number of nitrogens with zero attached hydrogens (tertiary/aromatic N) is 2. The van der Waals surface area contributed by atoms with E-state index in [9.17, 15) is 4.39 Å². The van der Waals surface area contributed by atoms with Crippen LogP contribution in [0.1, 0.15) is 31.3 Å². The van der Waals surface area contributed by atoms with Gasteiger partial charge < -0.3 is 10.3 Å². The molecule has 2 rings (SSSR count). The second-order valence-corrected chi connectivity index (χ2v) is 4.03. The Kier molecular flexibility index (Phi) is 3.24. The number of hydrogen-bond donors (Lipinski definition) is 1. The van der Waals surface area contributed by atoms with Crippen LogP contribution in [0.4, 0.5) is 4.39 Å². The molecule has 0 aliphatic heterocycles. The third-order valence-corrected chi connectivity index (χ3v) is 2.78. The Morgan fingerprint density at radius 3 is 2.88 bits per heavy atom. The maximum atomic E-state index is 13.8. The van der Waals surface area contributed by atoms with E-state index in [2.05, 4.69) is 4.98 Å². The lowest BCUT2D eigenvalue weighted by atomic mass is 10.1. The number of aryl methyl sites for hydroxylation is 1. The van der Waals surface area contributed by atoms with Crippen molar-refractivity contribution in [3.63, 3.8) is 0 Å². The molecule has 1 aromatic carbocycles. The summed E-state index contributed by atoms with van der Waals surface area (Å²) in [5.74, 6) is 0.630. The van der Waals surface area contributed by atoms with Crippen molar-refractivity contribution in [3.05, 3.63) is 47.8 Å². The number of nitrogens with two attached hydrogens (primary N) is 1. The Morgan fingerprint density at radius 2 is 2.24 bits per heavy atom. The van der Waals surface area contributed by atoms with E-state index >= 15 is 0 Å². The van der Waals surface area contributed by atoms with Crippen molar-refractivity contribution in [2.75, 3.05) is 0 Å². The standard InChI is InChI=1S/C13H16FN3/c1-3-12-16-7-8-17(12)11-6-4-5-10(14)13(11)9(2)15/h4-9H,3,15H2,1-2H3. The Labute approximate surface area is 100 Å². The molecule has 0 saturated heterocycles. The van der Waals surface area contributed by atoms with Crippen molar-refractivity contribution in [1.29, 1.82) is 0 Å². The first kappa shape index (κ1) is 11.8. The van der Waals surface area contributed by atoms with Crippen molar-refractivity contribution in [3.8, 4) is 5.69 Å². The molecule has 0 radical (unpaired) electrons. The lowest BCUT2D eigenvalue weighted by molar-refractivity contribution is 0.590. The molecule has 3 nitrogen and oxygen atoms in total. The van der Waals surface area contributed by atoms with Crippen molar-refractivity contribution in [1.82, 2.24) is 9.55 Å². The Bertz CT molecular complexity index is 517. The summed E-state index contributed by atoms with van der Waals surface area (Å²) in [6.07, 6.45) is 4.34. The van der Waals surface area contributed by atoms with E-state index in [0.717, 1.165) is 17.9 Å². The van der Waals surface area contributed by atoms with Crippen LogP contribution in [-0.2, 0) is 6.42 Å². The first-order valence-corrected chi connectivity index (χ1v) is 5.71. The van der Waals surface area contributed by atoms with E-state index < -0.39 is 0 Å². The summed E-state index contributed by atoms with van der Waals surface area (Å²) in [7, 11) is 0. The van der Waals surface area contributed by atoms with E-state index in [4.69, 9.17) is 5.73 Å². The molecular formula is C13H16FN3. The zero-order valence-electron chi connectivity index (χ0n) is 10.0. The highest BCUT2D eigenvalue weighted by atomic mass is 19.1. The highest BCUT2D eigenvalue weighted by Gasteiger charge is 2.15. The van der Waals surface area contributed by atoms with Gasteiger partial charge in [0.25, 0.3) is 0 Å². The highest BCUT2D eigenvalue weighted by molar-refractivity contribution is 5.44. The van der Waals surface area contributed by atoms with Gasteiger partial charge >= 0.3 is 0 Å². The molecule has 0 bridgehead atoms. The minimum absolute atomic E-state index is 0.270. The van der Waals surface area contributed by atoms with Gasteiger partial charge in [-0.25, -0.2) is 9.37 Å². The Balaban J connectivity index is 2.63. The summed E-state index contributed by atoms with van der Waals surface area (Å²) >= 11 is 0. The summed E-state index contributed by atoms with van der Waals surface area (Å²) in [6, 6.07) is 4.64. The van der Waals surface area contributed by atoms with E-state index in [-0.39, 0.29) is 11.9 Å². The van der Waals surface area contributed by atoms with Crippen LogP contribution < -0.4 is 5.73 Å². The van der Waals surface area contributed by atoms with E-state index in [1.165, 1.54) is 6.07 Å². The van der Waals surface area contributed by atoms with Crippen LogP contribution in [0.3, 0.4) is 0 Å². The van der Waals surface area contributed by atoms with Gasteiger partial charge in [-0.3, -0.25) is 0 Å². The molecule has 0 fully saturated rings. The predicted octanol–water partition coefficient (Wildman–Crippen LogP) is 2.59. The van der Waals surface area contributed by atoms with Crippen LogP contribution >= 0.6 is 0 Å². The second-order valence-electron chi connectivity index (χ2n) is 4.03. The summed E-state index contributed by atoms with van der Waals surface area (Å²) in [6.45, 7) is 3.80. The fourth-order valence-corrected chi connectivity index (χ4v) is 2.00. The smallest absolute Gasteiger partial charge is 0.130 e. The number of halogens is 1. The molecular weight excluding hydrogens is 217 g/mol. The van der Waals surface area contributed by atoms with E-state index in [0.29, 0.717) is 5.56 Å². The fraction of sp³-hybridized carbons (Fsp3) is 0.308. The van der Waals surface area contributed by atoms with Gasteiger partial charge in [-0.05, 0) is 19.1 Å². The van der Waals surface area contributed by atoms with Gasteiger partial charge in [-0.1, -0.05) is 13.0 Å². The summed E-state index contributed by atoms with van der Waals surface area (Å²) in [5.41, 5.74) is 7.14. The molecule has 0 saturated carbocycles. The molecule has 90 valence electrons. The van der Waals surface area contributed by atoms with Gasteiger partial charge in [0.05, 0.1) is 5.69 Å². The first-order valence-electron chi connectivity index (χ1n) is 5.71. The summed E-state index contributed by atoms with van der Waals surface area (Å²) in [4.78, 5) is 4.24. The van der Waals surface area contributed by atoms with Crippen LogP contribution in [0.5, 0.6) is 0 Å². The molecule has 17 heavy (non-hydrogen) atoms. The molecule has 0 aliphatic carbocycles. The zero-order chi connectivity index (χ0) is 12.4. The van der Waals surface area contributed by atoms with Gasteiger partial charge in [-0.2, -0.15) is 0 Å². The molecule has 4 heteroatoms. The molecule has 0 amide bonds. The zero-order valence-corrected chi connectivity index (χ0v) is 10.0. The van der Waals surface area contributed by atoms with Gasteiger partial charge in [0.1, 0.15) is 11.6 Å². The molecule has 2 aromatic rings. The average Bonchev–Trinajstić information content (AvgIpc) is 2.75. The Morgan fingerprint density at radius 1 is 1.47 bits per heavy atom. The molecule has 1 atom stereocenters. The number of benzene rings is 1. The number of imidazole rings is 1. The molecule has 1 aromatic heterocycles. The maximum Gasteiger partial charge on any atom is 0.130 e. The monoisotopic (exact) mass is 233 g/mol. The van der Waals surface area contributed by atoms with E-state index in [1.807, 2.05) is 23.8 Å². The fourth-order valence-electron chi connectivity index (χ4n) is 2.00. The first-order chi connectivity index (χ1) is 8.15. The third kappa shape index (κ3) is 2.08. The van der Waals surface area contributed by atoms with Gasteiger partial charge in [0.15, 0.2) is 0 Å². The van der Waals surface area contributed by atoms with Crippen molar-refractivity contribution >= 4 is 0 Å². The van der Waals surface area contributed by atoms with E-state index in [1.54, 1.807) is 19.2 Å². The topological polar surface area (TPSA) is 43.8 Å². The minimum atomic E-state index is -0.349. The number of hydrogen-bond acceptors (Lipinski definition) is 2. The summed E-state index contributed by atoms with van der Waals surface area (Å²) < 4.78 is 15.7. The van der Waals surface area contributed by atoms with Crippen LogP contribution in [0.15, 0.2) is 30.6 Å². The lowest BCUT2D eigenvalue weighted by Crippen LogP contribution is -2.13. The molecule has 0 aliphatic rings. The second kappa shape index (κ2) is 4.67. The quantitative estimate of drug-likeness (QED) is 0.885. The number of aromatic nitrogens is 2. The normalized spacial score (nSPS) is 12.7. The molecule has 1 heterocycles. The van der Waals surface area contributed by atoms with Crippen LogP contribution in [0.25, 0.3) is 5.69 Å². The molecule has 1 unspecified atom stereocenters. The lowest BCUT2D eigenvalue weighted by Gasteiger charge is -2.15. The third-order valence-electron chi connectivity index (χ3n) is 2.78. The number of rotatable bonds is 3. The van der Waals surface area contributed by atoms with Crippen LogP contribution in [0.2, 0.25) is 0 Å². The van der Waals surface area contributed by atoms with Gasteiger partial charge in [-0.15, -0.1) is 0 Å². The van der Waals surface area contributed by atoms with Crippen LogP contribution in [-0.4, -0.2) is 9.55 Å². The maximum absolute atomic E-state index is 13.8. The average molecular weight is 233 g/mol. The minimum Gasteiger partial charge on any atom is -0.324 e. The van der Waals surface area contributed by atoms with Gasteiger partial charge in [0, 0.05) is 30.4 Å². The molecule has 2 N–H and O–H groups in total. The predicted molar refractivity (Wildman–Crippen MR) is 65.5 cm³/mol. The SMILES string of the molecule is CCc1nccn1-c1cccc(F)c1C(C)N. The van der Waals surface area contributed by atoms with Crippen molar-refractivity contribution in [2.45, 2.75) is 26.3 Å². The Hall–Kier alpha value is -1.68. The summed E-state index contributed by atoms with van der Waals surface area (Å²) in [5, 5.41) is 0. The highest BCUT2D eigenvalue weighted by Crippen LogP contribution is 2.24.